The lowest BCUT2D eigenvalue weighted by Gasteiger charge is -2.29. The molecule has 1 aliphatic carbocycles. The first kappa shape index (κ1) is 16.8. The van der Waals surface area contributed by atoms with Gasteiger partial charge in [0, 0.05) is 24.9 Å². The smallest absolute Gasteiger partial charge is 0.255 e. The van der Waals surface area contributed by atoms with Crippen molar-refractivity contribution in [2.75, 3.05) is 0 Å². The average molecular weight is 353 g/mol. The number of rotatable bonds is 5. The lowest BCUT2D eigenvalue weighted by Crippen LogP contribution is -2.40. The maximum absolute atomic E-state index is 12.8. The van der Waals surface area contributed by atoms with Crippen molar-refractivity contribution in [1.29, 1.82) is 0 Å². The summed E-state index contributed by atoms with van der Waals surface area (Å²) in [7, 11) is 0. The fourth-order valence-electron chi connectivity index (χ4n) is 3.77. The van der Waals surface area contributed by atoms with Crippen molar-refractivity contribution in [3.8, 4) is 0 Å². The van der Waals surface area contributed by atoms with Crippen molar-refractivity contribution in [3.63, 3.8) is 0 Å². The first-order chi connectivity index (χ1) is 12.6. The summed E-state index contributed by atoms with van der Waals surface area (Å²) < 4.78 is 0. The molecule has 0 radical (unpaired) electrons. The molecule has 2 atom stereocenters. The number of likely N-dealkylation sites (tertiary alicyclic amines) is 1. The highest BCUT2D eigenvalue weighted by Gasteiger charge is 2.47. The Bertz CT molecular complexity index is 812. The Balaban J connectivity index is 1.61. The summed E-state index contributed by atoms with van der Waals surface area (Å²) in [6, 6.07) is 3.70. The molecule has 2 N–H and O–H groups in total. The normalized spacial score (nSPS) is 22.9. The summed E-state index contributed by atoms with van der Waals surface area (Å²) in [5.41, 5.74) is 2.32. The number of aromatic amines is 1. The van der Waals surface area contributed by atoms with Crippen molar-refractivity contribution in [1.82, 2.24) is 25.4 Å². The molecule has 1 saturated carbocycles. The topological polar surface area (TPSA) is 91.0 Å². The van der Waals surface area contributed by atoms with Crippen LogP contribution in [0.25, 0.3) is 0 Å². The molecule has 7 heteroatoms. The van der Waals surface area contributed by atoms with E-state index in [0.717, 1.165) is 24.1 Å². The fraction of sp³-hybridized carbons (Fsp3) is 0.474. The predicted molar refractivity (Wildman–Crippen MR) is 95.4 cm³/mol. The molecule has 0 bridgehead atoms. The van der Waals surface area contributed by atoms with E-state index in [0.29, 0.717) is 12.0 Å². The summed E-state index contributed by atoms with van der Waals surface area (Å²) in [5, 5.41) is 9.99. The molecule has 2 amide bonds. The number of hydrogen-bond donors (Lipinski definition) is 2. The number of aromatic nitrogens is 3. The monoisotopic (exact) mass is 353 g/mol. The van der Waals surface area contributed by atoms with Gasteiger partial charge in [0.15, 0.2) is 0 Å². The van der Waals surface area contributed by atoms with Gasteiger partial charge in [-0.1, -0.05) is 19.9 Å². The number of hydrogen-bond acceptors (Lipinski definition) is 4. The van der Waals surface area contributed by atoms with Gasteiger partial charge < -0.3 is 10.2 Å². The summed E-state index contributed by atoms with van der Waals surface area (Å²) in [5.74, 6) is 0.0789. The Morgan fingerprint density at radius 2 is 2.15 bits per heavy atom. The van der Waals surface area contributed by atoms with Crippen molar-refractivity contribution in [3.05, 3.63) is 47.5 Å². The van der Waals surface area contributed by atoms with E-state index in [2.05, 4.69) is 20.5 Å². The van der Waals surface area contributed by atoms with E-state index in [1.54, 1.807) is 18.6 Å². The third kappa shape index (κ3) is 2.98. The molecule has 3 heterocycles. The van der Waals surface area contributed by atoms with Gasteiger partial charge in [-0.2, -0.15) is 5.10 Å². The Labute approximate surface area is 152 Å². The Morgan fingerprint density at radius 1 is 1.35 bits per heavy atom. The van der Waals surface area contributed by atoms with Gasteiger partial charge in [-0.3, -0.25) is 19.7 Å². The molecule has 2 aliphatic rings. The van der Waals surface area contributed by atoms with Crippen LogP contribution < -0.4 is 5.32 Å². The molecule has 136 valence electrons. The molecule has 0 aromatic carbocycles. The molecule has 1 saturated heterocycles. The minimum Gasteiger partial charge on any atom is -0.346 e. The second-order valence-corrected chi connectivity index (χ2v) is 7.40. The third-order valence-electron chi connectivity index (χ3n) is 5.14. The number of nitrogens with one attached hydrogen (secondary N) is 2. The van der Waals surface area contributed by atoms with Crippen LogP contribution in [-0.4, -0.2) is 44.0 Å². The minimum atomic E-state index is -0.269. The quantitative estimate of drug-likeness (QED) is 0.862. The highest BCUT2D eigenvalue weighted by molar-refractivity contribution is 5.96. The lowest BCUT2D eigenvalue weighted by molar-refractivity contribution is -0.129. The number of pyridine rings is 1. The molecule has 1 aliphatic heterocycles. The van der Waals surface area contributed by atoms with Crippen LogP contribution in [-0.2, 0) is 4.79 Å². The average Bonchev–Trinajstić information content (AvgIpc) is 3.22. The van der Waals surface area contributed by atoms with E-state index in [1.807, 2.05) is 30.9 Å². The van der Waals surface area contributed by atoms with Crippen LogP contribution >= 0.6 is 0 Å². The molecule has 2 aromatic heterocycles. The van der Waals surface area contributed by atoms with E-state index >= 15 is 0 Å². The van der Waals surface area contributed by atoms with E-state index in [4.69, 9.17) is 0 Å². The van der Waals surface area contributed by atoms with E-state index in [1.165, 1.54) is 0 Å². The third-order valence-corrected chi connectivity index (χ3v) is 5.14. The first-order valence-electron chi connectivity index (χ1n) is 9.11. The SMILES string of the molecule is CC(C)c1[nH]ncc1C(=O)N[C@@H]1CC(=O)N(C2CC2)[C@H]1c1cccnc1. The van der Waals surface area contributed by atoms with Gasteiger partial charge in [-0.25, -0.2) is 0 Å². The van der Waals surface area contributed by atoms with Gasteiger partial charge in [0.1, 0.15) is 0 Å². The first-order valence-corrected chi connectivity index (χ1v) is 9.11. The number of amides is 2. The molecule has 4 rings (SSSR count). The fourth-order valence-corrected chi connectivity index (χ4v) is 3.77. The van der Waals surface area contributed by atoms with Crippen LogP contribution in [0.2, 0.25) is 0 Å². The molecule has 0 spiro atoms. The van der Waals surface area contributed by atoms with Gasteiger partial charge in [0.25, 0.3) is 5.91 Å². The molecular formula is C19H23N5O2. The second kappa shape index (κ2) is 6.55. The molecule has 2 fully saturated rings. The Morgan fingerprint density at radius 3 is 2.81 bits per heavy atom. The van der Waals surface area contributed by atoms with Gasteiger partial charge in [-0.05, 0) is 30.4 Å². The van der Waals surface area contributed by atoms with Crippen LogP contribution in [0.5, 0.6) is 0 Å². The maximum atomic E-state index is 12.8. The Hall–Kier alpha value is -2.70. The van der Waals surface area contributed by atoms with E-state index in [-0.39, 0.29) is 35.9 Å². The maximum Gasteiger partial charge on any atom is 0.255 e. The molecule has 26 heavy (non-hydrogen) atoms. The zero-order chi connectivity index (χ0) is 18.3. The number of nitrogens with zero attached hydrogens (tertiary/aromatic N) is 3. The van der Waals surface area contributed by atoms with Crippen molar-refractivity contribution < 1.29 is 9.59 Å². The highest BCUT2D eigenvalue weighted by atomic mass is 16.2. The minimum absolute atomic E-state index is 0.0999. The summed E-state index contributed by atoms with van der Waals surface area (Å²) in [6.45, 7) is 4.02. The largest absolute Gasteiger partial charge is 0.346 e. The summed E-state index contributed by atoms with van der Waals surface area (Å²) in [4.78, 5) is 31.6. The number of H-pyrrole nitrogens is 1. The van der Waals surface area contributed by atoms with Crippen LogP contribution in [0.15, 0.2) is 30.7 Å². The molecular weight excluding hydrogens is 330 g/mol. The molecule has 2 aromatic rings. The summed E-state index contributed by atoms with van der Waals surface area (Å²) >= 11 is 0. The van der Waals surface area contributed by atoms with Crippen LogP contribution in [0, 0.1) is 0 Å². The zero-order valence-corrected chi connectivity index (χ0v) is 15.0. The van der Waals surface area contributed by atoms with Gasteiger partial charge in [-0.15, -0.1) is 0 Å². The van der Waals surface area contributed by atoms with Crippen molar-refractivity contribution in [2.45, 2.75) is 57.2 Å². The Kier molecular flexibility index (Phi) is 4.22. The van der Waals surface area contributed by atoms with Gasteiger partial charge >= 0.3 is 0 Å². The van der Waals surface area contributed by atoms with Crippen molar-refractivity contribution >= 4 is 11.8 Å². The molecule has 7 nitrogen and oxygen atoms in total. The van der Waals surface area contributed by atoms with Crippen LogP contribution in [0.1, 0.15) is 66.7 Å². The number of carbonyl (C=O) groups excluding carboxylic acids is 2. The van der Waals surface area contributed by atoms with Crippen LogP contribution in [0.3, 0.4) is 0 Å². The van der Waals surface area contributed by atoms with Gasteiger partial charge in [0.2, 0.25) is 5.91 Å². The predicted octanol–water partition coefficient (Wildman–Crippen LogP) is 2.16. The summed E-state index contributed by atoms with van der Waals surface area (Å²) in [6.07, 6.45) is 7.44. The molecule has 0 unspecified atom stereocenters. The van der Waals surface area contributed by atoms with Crippen LogP contribution in [0.4, 0.5) is 0 Å². The lowest BCUT2D eigenvalue weighted by atomic mass is 10.0. The second-order valence-electron chi connectivity index (χ2n) is 7.40. The highest BCUT2D eigenvalue weighted by Crippen LogP contribution is 2.41. The van der Waals surface area contributed by atoms with Gasteiger partial charge in [0.05, 0.1) is 29.5 Å². The van der Waals surface area contributed by atoms with E-state index in [9.17, 15) is 9.59 Å². The standard InChI is InChI=1S/C19H23N5O2/c1-11(2)17-14(10-21-23-17)19(26)22-15-8-16(25)24(13-5-6-13)18(15)12-4-3-7-20-9-12/h3-4,7,9-11,13,15,18H,5-6,8H2,1-2H3,(H,21,23)(H,22,26)/t15-,18+/m1/s1. The van der Waals surface area contributed by atoms with Crippen molar-refractivity contribution in [2.24, 2.45) is 0 Å². The van der Waals surface area contributed by atoms with E-state index < -0.39 is 0 Å². The number of carbonyl (C=O) groups is 2. The zero-order valence-electron chi connectivity index (χ0n) is 15.0.